The lowest BCUT2D eigenvalue weighted by Crippen LogP contribution is -2.43. The van der Waals surface area contributed by atoms with Crippen molar-refractivity contribution in [3.05, 3.63) is 23.8 Å². The maximum atomic E-state index is 11.8. The zero-order chi connectivity index (χ0) is 11.5. The molecule has 0 aromatic heterocycles. The van der Waals surface area contributed by atoms with Crippen molar-refractivity contribution >= 4 is 11.6 Å². The molecule has 1 heterocycles. The molecule has 0 aliphatic carbocycles. The van der Waals surface area contributed by atoms with Gasteiger partial charge in [0.15, 0.2) is 6.23 Å². The molecule has 1 atom stereocenters. The van der Waals surface area contributed by atoms with E-state index in [0.717, 1.165) is 19.3 Å². The number of hydrogen-bond donors (Lipinski definition) is 2. The van der Waals surface area contributed by atoms with Crippen LogP contribution in [0, 0.1) is 0 Å². The number of anilines is 1. The lowest BCUT2D eigenvalue weighted by molar-refractivity contribution is 0.0735. The largest absolute Gasteiger partial charge is 0.470 e. The first kappa shape index (κ1) is 10.8. The van der Waals surface area contributed by atoms with Crippen molar-refractivity contribution in [2.24, 2.45) is 0 Å². The molecule has 1 aromatic rings. The molecule has 2 rings (SSSR count). The van der Waals surface area contributed by atoms with Crippen LogP contribution >= 0.6 is 0 Å². The van der Waals surface area contributed by atoms with E-state index in [9.17, 15) is 4.79 Å². The summed E-state index contributed by atoms with van der Waals surface area (Å²) < 4.78 is 5.67. The fourth-order valence-electron chi connectivity index (χ4n) is 1.76. The number of hydrogen-bond acceptors (Lipinski definition) is 3. The van der Waals surface area contributed by atoms with E-state index in [1.54, 1.807) is 18.2 Å². The Hall–Kier alpha value is -1.71. The topological polar surface area (TPSA) is 64.4 Å². The van der Waals surface area contributed by atoms with Gasteiger partial charge in [-0.2, -0.15) is 0 Å². The molecule has 86 valence electrons. The summed E-state index contributed by atoms with van der Waals surface area (Å²) in [5.74, 6) is 0.522. The predicted molar refractivity (Wildman–Crippen MR) is 62.3 cm³/mol. The highest BCUT2D eigenvalue weighted by Gasteiger charge is 2.24. The van der Waals surface area contributed by atoms with Crippen molar-refractivity contribution in [3.8, 4) is 5.75 Å². The Bertz CT molecular complexity index is 404. The number of nitrogens with one attached hydrogen (secondary N) is 1. The SMILES string of the molecule is CCCCC1NC(=O)c2cc(N)ccc2O1. The standard InChI is InChI=1S/C12H16N2O2/c1-2-3-4-11-14-12(15)9-7-8(13)5-6-10(9)16-11/h5-7,11H,2-4,13H2,1H3,(H,14,15). The highest BCUT2D eigenvalue weighted by atomic mass is 16.5. The van der Waals surface area contributed by atoms with Crippen LogP contribution in [-0.2, 0) is 0 Å². The average Bonchev–Trinajstić information content (AvgIpc) is 2.27. The molecule has 4 heteroatoms. The van der Waals surface area contributed by atoms with Gasteiger partial charge in [0.25, 0.3) is 5.91 Å². The second kappa shape index (κ2) is 4.43. The summed E-state index contributed by atoms with van der Waals surface area (Å²) in [5.41, 5.74) is 6.72. The van der Waals surface area contributed by atoms with E-state index in [2.05, 4.69) is 12.2 Å². The van der Waals surface area contributed by atoms with Crippen LogP contribution in [0.3, 0.4) is 0 Å². The molecule has 0 fully saturated rings. The van der Waals surface area contributed by atoms with Crippen molar-refractivity contribution in [3.63, 3.8) is 0 Å². The minimum absolute atomic E-state index is 0.102. The van der Waals surface area contributed by atoms with Gasteiger partial charge in [-0.05, 0) is 24.6 Å². The van der Waals surface area contributed by atoms with Crippen LogP contribution in [-0.4, -0.2) is 12.1 Å². The van der Waals surface area contributed by atoms with E-state index in [0.29, 0.717) is 17.0 Å². The minimum Gasteiger partial charge on any atom is -0.470 e. The smallest absolute Gasteiger partial charge is 0.257 e. The molecule has 1 aromatic carbocycles. The highest BCUT2D eigenvalue weighted by molar-refractivity contribution is 5.98. The Labute approximate surface area is 94.8 Å². The van der Waals surface area contributed by atoms with E-state index in [4.69, 9.17) is 10.5 Å². The van der Waals surface area contributed by atoms with Crippen molar-refractivity contribution in [1.29, 1.82) is 0 Å². The molecule has 0 radical (unpaired) electrons. The predicted octanol–water partition coefficient (Wildman–Crippen LogP) is 1.91. The Morgan fingerprint density at radius 1 is 1.50 bits per heavy atom. The third-order valence-corrected chi connectivity index (χ3v) is 2.63. The van der Waals surface area contributed by atoms with Crippen LogP contribution in [0.25, 0.3) is 0 Å². The van der Waals surface area contributed by atoms with E-state index in [1.807, 2.05) is 0 Å². The first-order valence-electron chi connectivity index (χ1n) is 5.57. The van der Waals surface area contributed by atoms with Crippen molar-refractivity contribution in [1.82, 2.24) is 5.32 Å². The molecule has 3 N–H and O–H groups in total. The van der Waals surface area contributed by atoms with Crippen molar-refractivity contribution in [2.75, 3.05) is 5.73 Å². The van der Waals surface area contributed by atoms with Gasteiger partial charge >= 0.3 is 0 Å². The number of carbonyl (C=O) groups is 1. The summed E-state index contributed by atoms with van der Waals surface area (Å²) in [5, 5.41) is 2.82. The highest BCUT2D eigenvalue weighted by Crippen LogP contribution is 2.26. The maximum Gasteiger partial charge on any atom is 0.257 e. The molecule has 16 heavy (non-hydrogen) atoms. The third-order valence-electron chi connectivity index (χ3n) is 2.63. The lowest BCUT2D eigenvalue weighted by atomic mass is 10.1. The normalized spacial score (nSPS) is 18.6. The van der Waals surface area contributed by atoms with Gasteiger partial charge in [0.05, 0.1) is 5.56 Å². The molecular weight excluding hydrogens is 204 g/mol. The number of nitrogen functional groups attached to an aromatic ring is 1. The molecule has 1 aliphatic rings. The van der Waals surface area contributed by atoms with Gasteiger partial charge in [-0.15, -0.1) is 0 Å². The zero-order valence-electron chi connectivity index (χ0n) is 9.32. The van der Waals surface area contributed by atoms with E-state index >= 15 is 0 Å². The monoisotopic (exact) mass is 220 g/mol. The Morgan fingerprint density at radius 3 is 3.06 bits per heavy atom. The molecule has 4 nitrogen and oxygen atoms in total. The minimum atomic E-state index is -0.205. The van der Waals surface area contributed by atoms with E-state index in [1.165, 1.54) is 0 Å². The van der Waals surface area contributed by atoms with Crippen LogP contribution in [0.15, 0.2) is 18.2 Å². The number of fused-ring (bicyclic) bond motifs is 1. The molecule has 1 amide bonds. The molecule has 0 saturated carbocycles. The summed E-state index contributed by atoms with van der Waals surface area (Å²) in [6.45, 7) is 2.11. The summed E-state index contributed by atoms with van der Waals surface area (Å²) >= 11 is 0. The molecular formula is C12H16N2O2. The number of amides is 1. The number of carbonyl (C=O) groups excluding carboxylic acids is 1. The summed E-state index contributed by atoms with van der Waals surface area (Å²) in [6.07, 6.45) is 2.76. The Morgan fingerprint density at radius 2 is 2.31 bits per heavy atom. The van der Waals surface area contributed by atoms with Crippen LogP contribution < -0.4 is 15.8 Å². The van der Waals surface area contributed by atoms with E-state index in [-0.39, 0.29) is 12.1 Å². The molecule has 0 bridgehead atoms. The second-order valence-corrected chi connectivity index (χ2v) is 3.98. The Balaban J connectivity index is 2.17. The first-order valence-corrected chi connectivity index (χ1v) is 5.57. The fourth-order valence-corrected chi connectivity index (χ4v) is 1.76. The average molecular weight is 220 g/mol. The summed E-state index contributed by atoms with van der Waals surface area (Å²) in [7, 11) is 0. The van der Waals surface area contributed by atoms with Gasteiger partial charge in [0, 0.05) is 12.1 Å². The van der Waals surface area contributed by atoms with Gasteiger partial charge in [0.2, 0.25) is 0 Å². The third kappa shape index (κ3) is 2.10. The van der Waals surface area contributed by atoms with Crippen molar-refractivity contribution < 1.29 is 9.53 Å². The second-order valence-electron chi connectivity index (χ2n) is 3.98. The summed E-state index contributed by atoms with van der Waals surface area (Å²) in [6, 6.07) is 5.14. The van der Waals surface area contributed by atoms with Gasteiger partial charge in [0.1, 0.15) is 5.75 Å². The van der Waals surface area contributed by atoms with Gasteiger partial charge in [-0.3, -0.25) is 4.79 Å². The molecule has 0 saturated heterocycles. The molecule has 1 aliphatic heterocycles. The van der Waals surface area contributed by atoms with Crippen molar-refractivity contribution in [2.45, 2.75) is 32.4 Å². The molecule has 1 unspecified atom stereocenters. The lowest BCUT2D eigenvalue weighted by Gasteiger charge is -2.26. The van der Waals surface area contributed by atoms with Gasteiger partial charge in [-0.1, -0.05) is 13.3 Å². The number of unbranched alkanes of at least 4 members (excludes halogenated alkanes) is 1. The van der Waals surface area contributed by atoms with Crippen LogP contribution in [0.2, 0.25) is 0 Å². The van der Waals surface area contributed by atoms with Gasteiger partial charge in [-0.25, -0.2) is 0 Å². The maximum absolute atomic E-state index is 11.8. The van der Waals surface area contributed by atoms with Crippen LogP contribution in [0.4, 0.5) is 5.69 Å². The van der Waals surface area contributed by atoms with Gasteiger partial charge < -0.3 is 15.8 Å². The fraction of sp³-hybridized carbons (Fsp3) is 0.417. The van der Waals surface area contributed by atoms with Crippen LogP contribution in [0.5, 0.6) is 5.75 Å². The summed E-state index contributed by atoms with van der Waals surface area (Å²) in [4.78, 5) is 11.8. The first-order chi connectivity index (χ1) is 7.70. The Kier molecular flexibility index (Phi) is 2.99. The quantitative estimate of drug-likeness (QED) is 0.765. The number of rotatable bonds is 3. The van der Waals surface area contributed by atoms with Crippen LogP contribution in [0.1, 0.15) is 36.5 Å². The number of ether oxygens (including phenoxy) is 1. The zero-order valence-corrected chi connectivity index (χ0v) is 9.32. The number of nitrogens with two attached hydrogens (primary N) is 1. The van der Waals surface area contributed by atoms with E-state index < -0.39 is 0 Å². The number of benzene rings is 1. The molecule has 0 spiro atoms.